The normalized spacial score (nSPS) is 32.3. The van der Waals surface area contributed by atoms with E-state index >= 15 is 0 Å². The summed E-state index contributed by atoms with van der Waals surface area (Å²) in [4.78, 5) is 40.8. The number of phenolic OH excluding ortho intramolecular Hbond substituents is 1. The van der Waals surface area contributed by atoms with E-state index in [0.29, 0.717) is 11.1 Å². The molecule has 8 heteroatoms. The SMILES string of the molecule is CC(=O)C1=C(O)[C@]2(O)C(=O)C3=C(O)c4c(ccc(/C=C/c5ccc(C)cc5)c4O)[C@@H](C)[C@]3(C)[C@@H](O)[C@]2(C)C(C(C)C)C1=O. The van der Waals surface area contributed by atoms with E-state index < -0.39 is 74.7 Å². The molecule has 1 fully saturated rings. The summed E-state index contributed by atoms with van der Waals surface area (Å²) in [7, 11) is 0. The summed E-state index contributed by atoms with van der Waals surface area (Å²) in [5.41, 5.74) is -4.74. The van der Waals surface area contributed by atoms with Crippen LogP contribution in [-0.4, -0.2) is 54.6 Å². The lowest BCUT2D eigenvalue weighted by molar-refractivity contribution is -0.215. The predicted octanol–water partition coefficient (Wildman–Crippen LogP) is 5.20. The van der Waals surface area contributed by atoms with Gasteiger partial charge in [0.05, 0.1) is 17.2 Å². The van der Waals surface area contributed by atoms with Crippen molar-refractivity contribution >= 4 is 35.3 Å². The van der Waals surface area contributed by atoms with Gasteiger partial charge < -0.3 is 25.5 Å². The highest BCUT2D eigenvalue weighted by Gasteiger charge is 2.77. The second-order valence-corrected chi connectivity index (χ2v) is 13.0. The van der Waals surface area contributed by atoms with Gasteiger partial charge in [0.2, 0.25) is 5.78 Å². The standard InChI is InChI=1S/C35H38O8/c1-16(2)25-28(38)23(19(5)36)30(40)35(43)31(41)26-29(39)24-22(18(4)33(26,6)32(42)34(25,35)7)15-14-21(27(24)37)13-12-20-10-8-17(3)9-11-20/h8-16,18,25,32,37,39-40,42-43H,1-7H3/b13-12+/t18-,25?,32-,33+,34+,35+/m1/s1. The lowest BCUT2D eigenvalue weighted by Crippen LogP contribution is -2.75. The largest absolute Gasteiger partial charge is 0.508 e. The summed E-state index contributed by atoms with van der Waals surface area (Å²) in [5.74, 6) is -7.26. The average Bonchev–Trinajstić information content (AvgIpc) is 2.93. The molecule has 0 saturated heterocycles. The van der Waals surface area contributed by atoms with Gasteiger partial charge in [-0.25, -0.2) is 0 Å². The number of carbonyl (C=O) groups excluding carboxylic acids is 3. The fraction of sp³-hybridized carbons (Fsp3) is 0.400. The van der Waals surface area contributed by atoms with Crippen molar-refractivity contribution in [3.8, 4) is 5.75 Å². The fourth-order valence-electron chi connectivity index (χ4n) is 7.94. The van der Waals surface area contributed by atoms with Gasteiger partial charge in [0.1, 0.15) is 22.8 Å². The molecular formula is C35H38O8. The number of ketones is 3. The Morgan fingerprint density at radius 1 is 0.977 bits per heavy atom. The number of allylic oxidation sites excluding steroid dienone is 1. The quantitative estimate of drug-likeness (QED) is 0.242. The molecule has 5 N–H and O–H groups in total. The van der Waals surface area contributed by atoms with Crippen molar-refractivity contribution in [2.45, 2.75) is 66.1 Å². The summed E-state index contributed by atoms with van der Waals surface area (Å²) < 4.78 is 0. The number of aliphatic hydroxyl groups excluding tert-OH is 3. The number of carbonyl (C=O) groups is 3. The molecule has 8 nitrogen and oxygen atoms in total. The number of rotatable bonds is 4. The molecule has 2 aromatic carbocycles. The van der Waals surface area contributed by atoms with E-state index in [-0.39, 0.29) is 16.9 Å². The number of fused-ring (bicyclic) bond motifs is 3. The van der Waals surface area contributed by atoms with Crippen LogP contribution >= 0.6 is 0 Å². The highest BCUT2D eigenvalue weighted by Crippen LogP contribution is 2.67. The lowest BCUT2D eigenvalue weighted by Gasteiger charge is -2.63. The van der Waals surface area contributed by atoms with Crippen LogP contribution in [-0.2, 0) is 14.4 Å². The molecule has 0 aromatic heterocycles. The van der Waals surface area contributed by atoms with E-state index in [4.69, 9.17) is 0 Å². The molecule has 43 heavy (non-hydrogen) atoms. The predicted molar refractivity (Wildman–Crippen MR) is 162 cm³/mol. The van der Waals surface area contributed by atoms with Crippen molar-refractivity contribution in [3.63, 3.8) is 0 Å². The Balaban J connectivity index is 1.78. The average molecular weight is 587 g/mol. The van der Waals surface area contributed by atoms with Crippen molar-refractivity contribution in [3.05, 3.63) is 81.1 Å². The first kappa shape index (κ1) is 30.4. The second-order valence-electron chi connectivity index (χ2n) is 13.0. The number of benzene rings is 2. The monoisotopic (exact) mass is 586 g/mol. The van der Waals surface area contributed by atoms with Crippen LogP contribution in [0.2, 0.25) is 0 Å². The first-order valence-corrected chi connectivity index (χ1v) is 14.5. The topological polar surface area (TPSA) is 152 Å². The Morgan fingerprint density at radius 3 is 2.14 bits per heavy atom. The summed E-state index contributed by atoms with van der Waals surface area (Å²) in [5, 5.41) is 59.0. The Morgan fingerprint density at radius 2 is 1.58 bits per heavy atom. The van der Waals surface area contributed by atoms with Crippen LogP contribution in [0.1, 0.15) is 75.3 Å². The molecule has 0 spiro atoms. The zero-order valence-corrected chi connectivity index (χ0v) is 25.4. The van der Waals surface area contributed by atoms with E-state index in [0.717, 1.165) is 18.1 Å². The zero-order valence-electron chi connectivity index (χ0n) is 25.4. The number of Topliss-reactive ketones (excluding diaryl/α,β-unsaturated/α-hetero) is 3. The molecule has 1 unspecified atom stereocenters. The summed E-state index contributed by atoms with van der Waals surface area (Å²) in [6.45, 7) is 11.1. The summed E-state index contributed by atoms with van der Waals surface area (Å²) in [6, 6.07) is 11.1. The minimum Gasteiger partial charge on any atom is -0.508 e. The third-order valence-electron chi connectivity index (χ3n) is 10.4. The Kier molecular flexibility index (Phi) is 6.91. The minimum atomic E-state index is -2.91. The van der Waals surface area contributed by atoms with Gasteiger partial charge in [-0.3, -0.25) is 14.4 Å². The molecule has 3 aliphatic carbocycles. The summed E-state index contributed by atoms with van der Waals surface area (Å²) in [6.07, 6.45) is 1.81. The van der Waals surface area contributed by atoms with Crippen LogP contribution in [0.4, 0.5) is 0 Å². The van der Waals surface area contributed by atoms with Crippen molar-refractivity contribution in [1.29, 1.82) is 0 Å². The van der Waals surface area contributed by atoms with Crippen LogP contribution < -0.4 is 0 Å². The maximum atomic E-state index is 14.5. The molecule has 2 aromatic rings. The third kappa shape index (κ3) is 3.72. The van der Waals surface area contributed by atoms with Gasteiger partial charge in [-0.15, -0.1) is 0 Å². The molecule has 0 bridgehead atoms. The van der Waals surface area contributed by atoms with E-state index in [1.165, 1.54) is 6.92 Å². The van der Waals surface area contributed by atoms with Gasteiger partial charge in [-0.1, -0.05) is 88.7 Å². The Labute approximate surface area is 250 Å². The molecule has 5 rings (SSSR count). The lowest BCUT2D eigenvalue weighted by atomic mass is 9.40. The number of hydrogen-bond donors (Lipinski definition) is 5. The number of aliphatic hydroxyl groups is 4. The second kappa shape index (κ2) is 9.76. The number of phenols is 1. The van der Waals surface area contributed by atoms with Crippen molar-refractivity contribution in [1.82, 2.24) is 0 Å². The van der Waals surface area contributed by atoms with Crippen LogP contribution in [0.3, 0.4) is 0 Å². The molecule has 226 valence electrons. The maximum Gasteiger partial charge on any atom is 0.203 e. The van der Waals surface area contributed by atoms with Gasteiger partial charge in [0, 0.05) is 22.3 Å². The molecule has 3 aliphatic rings. The highest BCUT2D eigenvalue weighted by molar-refractivity contribution is 6.24. The number of aryl methyl sites for hydroxylation is 1. The molecule has 0 aliphatic heterocycles. The van der Waals surface area contributed by atoms with E-state index in [2.05, 4.69) is 0 Å². The first-order valence-electron chi connectivity index (χ1n) is 14.5. The molecule has 0 heterocycles. The van der Waals surface area contributed by atoms with Crippen LogP contribution in [0.5, 0.6) is 5.75 Å². The highest BCUT2D eigenvalue weighted by atomic mass is 16.4. The third-order valence-corrected chi connectivity index (χ3v) is 10.4. The Bertz CT molecular complexity index is 1680. The van der Waals surface area contributed by atoms with Crippen LogP contribution in [0, 0.1) is 29.6 Å². The minimum absolute atomic E-state index is 0.0265. The molecule has 0 amide bonds. The number of hydrogen-bond acceptors (Lipinski definition) is 8. The van der Waals surface area contributed by atoms with E-state index in [1.807, 2.05) is 31.2 Å². The molecule has 6 atom stereocenters. The smallest absolute Gasteiger partial charge is 0.203 e. The van der Waals surface area contributed by atoms with Gasteiger partial charge in [0.15, 0.2) is 17.2 Å². The Hall–Kier alpha value is -4.01. The van der Waals surface area contributed by atoms with Crippen molar-refractivity contribution < 1.29 is 39.9 Å². The molecule has 0 radical (unpaired) electrons. The van der Waals surface area contributed by atoms with Gasteiger partial charge in [-0.05, 0) is 36.8 Å². The van der Waals surface area contributed by atoms with Crippen molar-refractivity contribution in [2.24, 2.45) is 22.7 Å². The van der Waals surface area contributed by atoms with Gasteiger partial charge in [0.25, 0.3) is 0 Å². The number of aromatic hydroxyl groups is 1. The van der Waals surface area contributed by atoms with Crippen LogP contribution in [0.15, 0.2) is 53.3 Å². The molecule has 1 saturated carbocycles. The van der Waals surface area contributed by atoms with Crippen molar-refractivity contribution in [2.75, 3.05) is 0 Å². The van der Waals surface area contributed by atoms with Gasteiger partial charge in [-0.2, -0.15) is 0 Å². The van der Waals surface area contributed by atoms with Crippen LogP contribution in [0.25, 0.3) is 17.9 Å². The summed E-state index contributed by atoms with van der Waals surface area (Å²) >= 11 is 0. The first-order chi connectivity index (χ1) is 20.0. The van der Waals surface area contributed by atoms with E-state index in [1.54, 1.807) is 52.0 Å². The molecular weight excluding hydrogens is 548 g/mol. The van der Waals surface area contributed by atoms with E-state index in [9.17, 15) is 39.9 Å². The zero-order chi connectivity index (χ0) is 32.0. The fourth-order valence-corrected chi connectivity index (χ4v) is 7.94. The van der Waals surface area contributed by atoms with Gasteiger partial charge >= 0.3 is 0 Å². The maximum absolute atomic E-state index is 14.5.